The van der Waals surface area contributed by atoms with Gasteiger partial charge in [-0.2, -0.15) is 11.8 Å². The van der Waals surface area contributed by atoms with Crippen molar-refractivity contribution in [2.24, 2.45) is 0 Å². The number of fused-ring (bicyclic) bond motifs is 1. The third-order valence-corrected chi connectivity index (χ3v) is 4.45. The van der Waals surface area contributed by atoms with Crippen LogP contribution in [0.1, 0.15) is 23.7 Å². The van der Waals surface area contributed by atoms with Crippen molar-refractivity contribution in [2.75, 3.05) is 5.75 Å². The SMILES string of the molecule is OC1CCSCc2c(Br)ccc(Cl)c21. The van der Waals surface area contributed by atoms with Gasteiger partial charge in [-0.25, -0.2) is 0 Å². The molecule has 1 aromatic carbocycles. The molecule has 1 aromatic rings. The van der Waals surface area contributed by atoms with Crippen LogP contribution in [0.2, 0.25) is 5.02 Å². The lowest BCUT2D eigenvalue weighted by Gasteiger charge is -2.14. The second-order valence-electron chi connectivity index (χ2n) is 3.28. The molecule has 4 heteroatoms. The minimum absolute atomic E-state index is 0.412. The standard InChI is InChI=1S/C10H10BrClOS/c11-7-1-2-8(12)10-6(7)5-14-4-3-9(10)13/h1-2,9,13H,3-5H2. The van der Waals surface area contributed by atoms with Crippen molar-refractivity contribution < 1.29 is 5.11 Å². The third kappa shape index (κ3) is 1.96. The van der Waals surface area contributed by atoms with Gasteiger partial charge < -0.3 is 5.11 Å². The van der Waals surface area contributed by atoms with E-state index in [1.807, 2.05) is 23.9 Å². The molecule has 0 aromatic heterocycles. The number of aliphatic hydroxyl groups is 1. The predicted octanol–water partition coefficient (Wildman–Crippen LogP) is 3.77. The van der Waals surface area contributed by atoms with Crippen LogP contribution in [0.15, 0.2) is 16.6 Å². The van der Waals surface area contributed by atoms with Crippen molar-refractivity contribution in [1.29, 1.82) is 0 Å². The topological polar surface area (TPSA) is 20.2 Å². The maximum atomic E-state index is 9.93. The Morgan fingerprint density at radius 2 is 2.29 bits per heavy atom. The molecule has 0 saturated carbocycles. The molecule has 2 rings (SSSR count). The molecular formula is C10H10BrClOS. The fourth-order valence-electron chi connectivity index (χ4n) is 1.63. The Labute approximate surface area is 101 Å². The maximum absolute atomic E-state index is 9.93. The van der Waals surface area contributed by atoms with E-state index in [0.717, 1.165) is 33.5 Å². The lowest BCUT2D eigenvalue weighted by atomic mass is 10.0. The Kier molecular flexibility index (Phi) is 3.42. The van der Waals surface area contributed by atoms with Crippen LogP contribution in [-0.2, 0) is 5.75 Å². The van der Waals surface area contributed by atoms with Crippen molar-refractivity contribution >= 4 is 39.3 Å². The number of hydrogen-bond donors (Lipinski definition) is 1. The number of benzene rings is 1. The fourth-order valence-corrected chi connectivity index (χ4v) is 3.65. The first kappa shape index (κ1) is 10.8. The molecule has 0 radical (unpaired) electrons. The van der Waals surface area contributed by atoms with E-state index in [4.69, 9.17) is 11.6 Å². The van der Waals surface area contributed by atoms with Gasteiger partial charge in [0.05, 0.1) is 6.10 Å². The molecular weight excluding hydrogens is 284 g/mol. The second-order valence-corrected chi connectivity index (χ2v) is 5.65. The van der Waals surface area contributed by atoms with Gasteiger partial charge in [0.2, 0.25) is 0 Å². The van der Waals surface area contributed by atoms with Gasteiger partial charge >= 0.3 is 0 Å². The molecule has 0 fully saturated rings. The highest BCUT2D eigenvalue weighted by atomic mass is 79.9. The van der Waals surface area contributed by atoms with E-state index in [-0.39, 0.29) is 0 Å². The zero-order chi connectivity index (χ0) is 10.1. The number of halogens is 2. The number of hydrogen-bond acceptors (Lipinski definition) is 2. The Hall–Kier alpha value is 0.300. The predicted molar refractivity (Wildman–Crippen MR) is 64.9 cm³/mol. The summed E-state index contributed by atoms with van der Waals surface area (Å²) in [5.74, 6) is 1.91. The summed E-state index contributed by atoms with van der Waals surface area (Å²) in [7, 11) is 0. The van der Waals surface area contributed by atoms with Crippen LogP contribution in [0.25, 0.3) is 0 Å². The molecule has 1 unspecified atom stereocenters. The third-order valence-electron chi connectivity index (χ3n) is 2.36. The van der Waals surface area contributed by atoms with Gasteiger partial charge in [0.15, 0.2) is 0 Å². The van der Waals surface area contributed by atoms with E-state index in [2.05, 4.69) is 15.9 Å². The number of thioether (sulfide) groups is 1. The quantitative estimate of drug-likeness (QED) is 0.786. The first-order valence-corrected chi connectivity index (χ1v) is 6.75. The zero-order valence-electron chi connectivity index (χ0n) is 7.46. The van der Waals surface area contributed by atoms with E-state index in [1.165, 1.54) is 0 Å². The largest absolute Gasteiger partial charge is 0.388 e. The molecule has 1 N–H and O–H groups in total. The molecule has 76 valence electrons. The highest BCUT2D eigenvalue weighted by molar-refractivity contribution is 9.10. The lowest BCUT2D eigenvalue weighted by molar-refractivity contribution is 0.175. The van der Waals surface area contributed by atoms with Crippen LogP contribution in [0, 0.1) is 0 Å². The molecule has 1 heterocycles. The second kappa shape index (κ2) is 4.44. The molecule has 1 atom stereocenters. The molecule has 0 saturated heterocycles. The van der Waals surface area contributed by atoms with Crippen LogP contribution >= 0.6 is 39.3 Å². The molecule has 1 nitrogen and oxygen atoms in total. The van der Waals surface area contributed by atoms with E-state index in [0.29, 0.717) is 5.02 Å². The Morgan fingerprint density at radius 1 is 1.50 bits per heavy atom. The van der Waals surface area contributed by atoms with Crippen molar-refractivity contribution in [3.05, 3.63) is 32.8 Å². The van der Waals surface area contributed by atoms with Gasteiger partial charge in [0, 0.05) is 20.8 Å². The van der Waals surface area contributed by atoms with Gasteiger partial charge in [0.25, 0.3) is 0 Å². The van der Waals surface area contributed by atoms with Crippen LogP contribution in [-0.4, -0.2) is 10.9 Å². The summed E-state index contributed by atoms with van der Waals surface area (Å²) in [6.45, 7) is 0. The van der Waals surface area contributed by atoms with Gasteiger partial charge in [-0.15, -0.1) is 0 Å². The maximum Gasteiger partial charge on any atom is 0.0815 e. The summed E-state index contributed by atoms with van der Waals surface area (Å²) in [6.07, 6.45) is 0.374. The van der Waals surface area contributed by atoms with Gasteiger partial charge in [-0.1, -0.05) is 27.5 Å². The van der Waals surface area contributed by atoms with E-state index < -0.39 is 6.10 Å². The van der Waals surface area contributed by atoms with E-state index in [9.17, 15) is 5.11 Å². The molecule has 0 amide bonds. The van der Waals surface area contributed by atoms with Crippen molar-refractivity contribution in [3.8, 4) is 0 Å². The minimum Gasteiger partial charge on any atom is -0.388 e. The number of aliphatic hydroxyl groups excluding tert-OH is 1. The summed E-state index contributed by atoms with van der Waals surface area (Å²) in [6, 6.07) is 3.78. The molecule has 0 spiro atoms. The highest BCUT2D eigenvalue weighted by Gasteiger charge is 2.21. The first-order chi connectivity index (χ1) is 6.70. The summed E-state index contributed by atoms with van der Waals surface area (Å²) in [4.78, 5) is 0. The average Bonchev–Trinajstić information content (AvgIpc) is 2.35. The smallest absolute Gasteiger partial charge is 0.0815 e. The minimum atomic E-state index is -0.412. The van der Waals surface area contributed by atoms with Crippen LogP contribution < -0.4 is 0 Å². The van der Waals surface area contributed by atoms with Crippen LogP contribution in [0.3, 0.4) is 0 Å². The molecule has 1 aliphatic rings. The number of rotatable bonds is 0. The first-order valence-electron chi connectivity index (χ1n) is 4.42. The van der Waals surface area contributed by atoms with E-state index in [1.54, 1.807) is 0 Å². The molecule has 0 bridgehead atoms. The molecule has 1 aliphatic heterocycles. The van der Waals surface area contributed by atoms with E-state index >= 15 is 0 Å². The monoisotopic (exact) mass is 292 g/mol. The molecule has 0 aliphatic carbocycles. The summed E-state index contributed by atoms with van der Waals surface area (Å²) in [5.41, 5.74) is 2.05. The Balaban J connectivity index is 2.57. The van der Waals surface area contributed by atoms with Gasteiger partial charge in [-0.3, -0.25) is 0 Å². The van der Waals surface area contributed by atoms with Crippen molar-refractivity contribution in [3.63, 3.8) is 0 Å². The summed E-state index contributed by atoms with van der Waals surface area (Å²) < 4.78 is 1.05. The normalized spacial score (nSPS) is 21.5. The highest BCUT2D eigenvalue weighted by Crippen LogP contribution is 2.38. The Bertz CT molecular complexity index is 356. The fraction of sp³-hybridized carbons (Fsp3) is 0.400. The lowest BCUT2D eigenvalue weighted by Crippen LogP contribution is -2.01. The zero-order valence-corrected chi connectivity index (χ0v) is 10.6. The van der Waals surface area contributed by atoms with Crippen LogP contribution in [0.4, 0.5) is 0 Å². The van der Waals surface area contributed by atoms with Crippen molar-refractivity contribution in [2.45, 2.75) is 18.3 Å². The average molecular weight is 294 g/mol. The van der Waals surface area contributed by atoms with Gasteiger partial charge in [-0.05, 0) is 29.9 Å². The summed E-state index contributed by atoms with van der Waals surface area (Å²) in [5, 5.41) is 10.6. The summed E-state index contributed by atoms with van der Waals surface area (Å²) >= 11 is 11.4. The van der Waals surface area contributed by atoms with Crippen molar-refractivity contribution in [1.82, 2.24) is 0 Å². The van der Waals surface area contributed by atoms with Crippen LogP contribution in [0.5, 0.6) is 0 Å². The molecule has 14 heavy (non-hydrogen) atoms. The Morgan fingerprint density at radius 3 is 3.07 bits per heavy atom. The van der Waals surface area contributed by atoms with Gasteiger partial charge in [0.1, 0.15) is 0 Å².